The molecule has 0 bridgehead atoms. The van der Waals surface area contributed by atoms with Crippen LogP contribution in [0.25, 0.3) is 11.2 Å². The number of anilines is 1. The van der Waals surface area contributed by atoms with Crippen molar-refractivity contribution in [3.05, 3.63) is 6.33 Å². The third-order valence-electron chi connectivity index (χ3n) is 3.39. The molecule has 2 aromatic rings. The largest absolute Gasteiger partial charge is 0.394 e. The lowest BCUT2D eigenvalue weighted by Crippen LogP contribution is -2.33. The first-order valence-corrected chi connectivity index (χ1v) is 7.45. The summed E-state index contributed by atoms with van der Waals surface area (Å²) in [6.45, 7) is -0.394. The van der Waals surface area contributed by atoms with Crippen LogP contribution < -0.4 is 5.73 Å². The fourth-order valence-electron chi connectivity index (χ4n) is 2.35. The lowest BCUT2D eigenvalue weighted by molar-refractivity contribution is -0.0511. The van der Waals surface area contributed by atoms with E-state index in [-0.39, 0.29) is 5.95 Å². The van der Waals surface area contributed by atoms with E-state index in [0.717, 1.165) is 0 Å². The maximum atomic E-state index is 10.1. The first-order valence-electron chi connectivity index (χ1n) is 6.23. The van der Waals surface area contributed by atoms with Crippen LogP contribution in [0.3, 0.4) is 0 Å². The molecular weight excluding hydrogens is 298 g/mol. The van der Waals surface area contributed by atoms with E-state index in [2.05, 4.69) is 15.0 Å². The number of imidazole rings is 1. The van der Waals surface area contributed by atoms with Gasteiger partial charge < -0.3 is 25.8 Å². The summed E-state index contributed by atoms with van der Waals surface area (Å²) >= 11 is 1.38. The monoisotopic (exact) mass is 313 g/mol. The molecule has 0 saturated carbocycles. The van der Waals surface area contributed by atoms with E-state index >= 15 is 0 Å². The second kappa shape index (κ2) is 5.39. The Kier molecular flexibility index (Phi) is 3.71. The van der Waals surface area contributed by atoms with Gasteiger partial charge in [0, 0.05) is 0 Å². The molecule has 0 radical (unpaired) electrons. The number of ether oxygens (including phenoxy) is 1. The highest BCUT2D eigenvalue weighted by Gasteiger charge is 2.44. The smallest absolute Gasteiger partial charge is 0.223 e. The molecule has 5 N–H and O–H groups in total. The number of rotatable bonds is 3. The van der Waals surface area contributed by atoms with Crippen molar-refractivity contribution in [1.29, 1.82) is 0 Å². The lowest BCUT2D eigenvalue weighted by atomic mass is 10.1. The molecule has 3 rings (SSSR count). The highest BCUT2D eigenvalue weighted by molar-refractivity contribution is 7.98. The standard InChI is InChI=1S/C11H15N5O4S/c1-21-9-5-8(14-11(12)15-9)16(3-13-5)10-7(19)6(18)4(2-17)20-10/h3-4,6-7,10,17-19H,2H2,1H3,(H2,12,14,15)/t4-,6-,7+,10-/m1/s1. The molecule has 0 aromatic carbocycles. The van der Waals surface area contributed by atoms with E-state index in [9.17, 15) is 10.2 Å². The predicted molar refractivity (Wildman–Crippen MR) is 74.5 cm³/mol. The molecule has 1 aliphatic rings. The molecule has 9 nitrogen and oxygen atoms in total. The number of nitrogens with zero attached hydrogens (tertiary/aromatic N) is 4. The van der Waals surface area contributed by atoms with Crippen LogP contribution in [0.15, 0.2) is 11.4 Å². The zero-order valence-corrected chi connectivity index (χ0v) is 11.9. The van der Waals surface area contributed by atoms with Gasteiger partial charge in [-0.05, 0) is 6.26 Å². The van der Waals surface area contributed by atoms with E-state index in [1.807, 2.05) is 6.26 Å². The van der Waals surface area contributed by atoms with Crippen molar-refractivity contribution >= 4 is 28.9 Å². The van der Waals surface area contributed by atoms with Gasteiger partial charge in [-0.3, -0.25) is 4.57 Å². The number of aromatic nitrogens is 4. The average Bonchev–Trinajstić information content (AvgIpc) is 3.01. The zero-order valence-electron chi connectivity index (χ0n) is 11.1. The van der Waals surface area contributed by atoms with Crippen molar-refractivity contribution in [2.45, 2.75) is 29.6 Å². The Morgan fingerprint density at radius 3 is 2.76 bits per heavy atom. The van der Waals surface area contributed by atoms with E-state index in [1.54, 1.807) is 0 Å². The SMILES string of the molecule is CSc1nc(N)nc2c1ncn2[C@@H]1O[C@H](CO)[C@@H](O)[C@@H]1O. The minimum atomic E-state index is -1.20. The highest BCUT2D eigenvalue weighted by Crippen LogP contribution is 2.32. The van der Waals surface area contributed by atoms with Crippen LogP contribution in [-0.4, -0.2) is 66.0 Å². The number of hydrogen-bond acceptors (Lipinski definition) is 9. The molecule has 2 aromatic heterocycles. The van der Waals surface area contributed by atoms with Crippen LogP contribution in [-0.2, 0) is 4.74 Å². The topological polar surface area (TPSA) is 140 Å². The molecule has 0 amide bonds. The molecule has 1 saturated heterocycles. The molecule has 1 fully saturated rings. The van der Waals surface area contributed by atoms with Crippen LogP contribution in [0.4, 0.5) is 5.95 Å². The van der Waals surface area contributed by atoms with Crippen LogP contribution in [0.2, 0.25) is 0 Å². The van der Waals surface area contributed by atoms with Crippen molar-refractivity contribution in [2.75, 3.05) is 18.6 Å². The van der Waals surface area contributed by atoms with Crippen LogP contribution in [0, 0.1) is 0 Å². The summed E-state index contributed by atoms with van der Waals surface area (Å²) in [5, 5.41) is 29.6. The van der Waals surface area contributed by atoms with Gasteiger partial charge in [-0.1, -0.05) is 0 Å². The summed E-state index contributed by atoms with van der Waals surface area (Å²) in [6.07, 6.45) is -0.858. The predicted octanol–water partition coefficient (Wildman–Crippen LogP) is -1.26. The molecule has 0 aliphatic carbocycles. The van der Waals surface area contributed by atoms with Gasteiger partial charge in [-0.2, -0.15) is 4.98 Å². The Bertz CT molecular complexity index is 665. The van der Waals surface area contributed by atoms with Crippen LogP contribution in [0.1, 0.15) is 6.23 Å². The molecule has 21 heavy (non-hydrogen) atoms. The number of aliphatic hydroxyl groups excluding tert-OH is 3. The first-order chi connectivity index (χ1) is 10.1. The van der Waals surface area contributed by atoms with Gasteiger partial charge in [0.1, 0.15) is 28.9 Å². The van der Waals surface area contributed by atoms with Crippen molar-refractivity contribution < 1.29 is 20.1 Å². The molecule has 0 spiro atoms. The zero-order chi connectivity index (χ0) is 15.1. The summed E-state index contributed by atoms with van der Waals surface area (Å²) in [5.74, 6) is 0.0837. The average molecular weight is 313 g/mol. The van der Waals surface area contributed by atoms with Gasteiger partial charge in [0.05, 0.1) is 12.9 Å². The van der Waals surface area contributed by atoms with Gasteiger partial charge in [0.2, 0.25) is 5.95 Å². The molecule has 10 heteroatoms. The second-order valence-corrected chi connectivity index (χ2v) is 5.44. The van der Waals surface area contributed by atoms with Crippen molar-refractivity contribution in [1.82, 2.24) is 19.5 Å². The number of fused-ring (bicyclic) bond motifs is 1. The lowest BCUT2D eigenvalue weighted by Gasteiger charge is -2.16. The highest BCUT2D eigenvalue weighted by atomic mass is 32.2. The Balaban J connectivity index is 2.07. The van der Waals surface area contributed by atoms with E-state index in [1.165, 1.54) is 22.7 Å². The summed E-state index contributed by atoms with van der Waals surface area (Å²) < 4.78 is 6.95. The Morgan fingerprint density at radius 2 is 2.14 bits per heavy atom. The third kappa shape index (κ3) is 2.24. The van der Waals surface area contributed by atoms with Gasteiger partial charge in [0.25, 0.3) is 0 Å². The summed E-state index contributed by atoms with van der Waals surface area (Å²) in [6, 6.07) is 0. The van der Waals surface area contributed by atoms with Crippen molar-refractivity contribution in [3.63, 3.8) is 0 Å². The third-order valence-corrected chi connectivity index (χ3v) is 4.06. The van der Waals surface area contributed by atoms with Gasteiger partial charge in [-0.15, -0.1) is 11.8 Å². The quantitative estimate of drug-likeness (QED) is 0.404. The maximum Gasteiger partial charge on any atom is 0.223 e. The van der Waals surface area contributed by atoms with E-state index < -0.39 is 31.1 Å². The van der Waals surface area contributed by atoms with Crippen LogP contribution in [0.5, 0.6) is 0 Å². The molecule has 1 aliphatic heterocycles. The molecule has 3 heterocycles. The first kappa shape index (κ1) is 14.5. The molecular formula is C11H15N5O4S. The molecule has 4 atom stereocenters. The number of nitrogens with two attached hydrogens (primary N) is 1. The molecule has 114 valence electrons. The number of nitrogen functional groups attached to an aromatic ring is 1. The van der Waals surface area contributed by atoms with Crippen molar-refractivity contribution in [2.24, 2.45) is 0 Å². The minimum absolute atomic E-state index is 0.0837. The number of aliphatic hydroxyl groups is 3. The maximum absolute atomic E-state index is 10.1. The fourth-order valence-corrected chi connectivity index (χ4v) is 2.87. The van der Waals surface area contributed by atoms with E-state index in [0.29, 0.717) is 16.2 Å². The Hall–Kier alpha value is -1.46. The van der Waals surface area contributed by atoms with Gasteiger partial charge in [0.15, 0.2) is 11.9 Å². The van der Waals surface area contributed by atoms with Gasteiger partial charge in [-0.25, -0.2) is 9.97 Å². The summed E-state index contributed by atoms with van der Waals surface area (Å²) in [4.78, 5) is 12.4. The summed E-state index contributed by atoms with van der Waals surface area (Å²) in [7, 11) is 0. The van der Waals surface area contributed by atoms with Gasteiger partial charge >= 0.3 is 0 Å². The normalized spacial score (nSPS) is 29.3. The second-order valence-electron chi connectivity index (χ2n) is 4.64. The Morgan fingerprint density at radius 1 is 1.38 bits per heavy atom. The molecule has 0 unspecified atom stereocenters. The van der Waals surface area contributed by atoms with Crippen molar-refractivity contribution in [3.8, 4) is 0 Å². The Labute approximate surface area is 123 Å². The fraction of sp³-hybridized carbons (Fsp3) is 0.545. The number of thioether (sulfide) groups is 1. The minimum Gasteiger partial charge on any atom is -0.394 e. The van der Waals surface area contributed by atoms with E-state index in [4.69, 9.17) is 15.6 Å². The number of hydrogen-bond donors (Lipinski definition) is 4. The van der Waals surface area contributed by atoms with Crippen LogP contribution >= 0.6 is 11.8 Å². The summed E-state index contributed by atoms with van der Waals surface area (Å²) in [5.41, 5.74) is 6.61.